The molecule has 21 heavy (non-hydrogen) atoms. The summed E-state index contributed by atoms with van der Waals surface area (Å²) in [5.74, 6) is -0.792. The van der Waals surface area contributed by atoms with E-state index in [1.165, 1.54) is 12.1 Å². The summed E-state index contributed by atoms with van der Waals surface area (Å²) in [6, 6.07) is 8.43. The van der Waals surface area contributed by atoms with Gasteiger partial charge in [0.1, 0.15) is 23.0 Å². The first-order valence-electron chi connectivity index (χ1n) is 6.67. The number of rotatable bonds is 2. The highest BCUT2D eigenvalue weighted by atomic mass is 19.1. The molecule has 1 unspecified atom stereocenters. The molecule has 108 valence electrons. The number of furan rings is 1. The molecule has 0 aliphatic rings. The average molecular weight is 287 g/mol. The number of halogens is 2. The van der Waals surface area contributed by atoms with Crippen LogP contribution in [0.4, 0.5) is 8.78 Å². The van der Waals surface area contributed by atoms with Crippen molar-refractivity contribution < 1.29 is 13.2 Å². The highest BCUT2D eigenvalue weighted by Gasteiger charge is 2.21. The van der Waals surface area contributed by atoms with Gasteiger partial charge in [0.15, 0.2) is 0 Å². The minimum absolute atomic E-state index is 0.218. The standard InChI is InChI=1S/C17H15F2NO/c1-9-3-6-15-13(7-9)10(2)17(21-15)16(20)12-5-4-11(18)8-14(12)19/h3-8,16H,20H2,1-2H3. The van der Waals surface area contributed by atoms with Crippen LogP contribution in [0.25, 0.3) is 11.0 Å². The lowest BCUT2D eigenvalue weighted by atomic mass is 10.0. The molecular weight excluding hydrogens is 272 g/mol. The second-order valence-corrected chi connectivity index (χ2v) is 5.23. The lowest BCUT2D eigenvalue weighted by molar-refractivity contribution is 0.502. The number of nitrogens with two attached hydrogens (primary N) is 1. The van der Waals surface area contributed by atoms with Gasteiger partial charge in [-0.1, -0.05) is 17.7 Å². The summed E-state index contributed by atoms with van der Waals surface area (Å²) in [6.45, 7) is 3.88. The first-order chi connectivity index (χ1) is 9.97. The molecule has 1 aromatic heterocycles. The van der Waals surface area contributed by atoms with Crippen molar-refractivity contribution >= 4 is 11.0 Å². The average Bonchev–Trinajstić information content (AvgIpc) is 2.75. The summed E-state index contributed by atoms with van der Waals surface area (Å²) in [5, 5.41) is 0.961. The molecule has 2 nitrogen and oxygen atoms in total. The lowest BCUT2D eigenvalue weighted by Crippen LogP contribution is -2.14. The van der Waals surface area contributed by atoms with E-state index in [4.69, 9.17) is 10.2 Å². The first kappa shape index (κ1) is 13.8. The van der Waals surface area contributed by atoms with Gasteiger partial charge < -0.3 is 10.2 Å². The van der Waals surface area contributed by atoms with Crippen molar-refractivity contribution in [1.29, 1.82) is 0 Å². The van der Waals surface area contributed by atoms with Crippen LogP contribution in [0.15, 0.2) is 40.8 Å². The highest BCUT2D eigenvalue weighted by Crippen LogP contribution is 2.32. The summed E-state index contributed by atoms with van der Waals surface area (Å²) in [7, 11) is 0. The van der Waals surface area contributed by atoms with Crippen molar-refractivity contribution in [1.82, 2.24) is 0 Å². The van der Waals surface area contributed by atoms with Crippen molar-refractivity contribution in [2.45, 2.75) is 19.9 Å². The van der Waals surface area contributed by atoms with E-state index in [-0.39, 0.29) is 5.56 Å². The maximum Gasteiger partial charge on any atom is 0.134 e. The van der Waals surface area contributed by atoms with Crippen molar-refractivity contribution in [3.05, 3.63) is 70.5 Å². The minimum Gasteiger partial charge on any atom is -0.459 e. The number of hydrogen-bond acceptors (Lipinski definition) is 2. The minimum atomic E-state index is -0.765. The molecular formula is C17H15F2NO. The zero-order chi connectivity index (χ0) is 15.1. The Balaban J connectivity index is 2.13. The predicted octanol–water partition coefficient (Wildman–Crippen LogP) is 4.38. The maximum atomic E-state index is 13.9. The van der Waals surface area contributed by atoms with E-state index in [2.05, 4.69) is 0 Å². The van der Waals surface area contributed by atoms with Crippen LogP contribution in [0, 0.1) is 25.5 Å². The molecule has 3 aromatic rings. The Morgan fingerprint density at radius 3 is 2.52 bits per heavy atom. The van der Waals surface area contributed by atoms with Gasteiger partial charge >= 0.3 is 0 Å². The summed E-state index contributed by atoms with van der Waals surface area (Å²) < 4.78 is 32.6. The molecule has 1 heterocycles. The zero-order valence-corrected chi connectivity index (χ0v) is 11.8. The largest absolute Gasteiger partial charge is 0.459 e. The fraction of sp³-hybridized carbons (Fsp3) is 0.176. The molecule has 0 aliphatic heterocycles. The summed E-state index contributed by atoms with van der Waals surface area (Å²) in [6.07, 6.45) is 0. The van der Waals surface area contributed by atoms with Crippen LogP contribution in [0.5, 0.6) is 0 Å². The van der Waals surface area contributed by atoms with E-state index >= 15 is 0 Å². The van der Waals surface area contributed by atoms with Gasteiger partial charge in [-0.05, 0) is 32.0 Å². The van der Waals surface area contributed by atoms with Crippen LogP contribution < -0.4 is 5.73 Å². The normalized spacial score (nSPS) is 12.8. The first-order valence-corrected chi connectivity index (χ1v) is 6.67. The SMILES string of the molecule is Cc1ccc2oc(C(N)c3ccc(F)cc3F)c(C)c2c1. The molecule has 0 saturated heterocycles. The van der Waals surface area contributed by atoms with Gasteiger partial charge in [-0.25, -0.2) is 8.78 Å². The van der Waals surface area contributed by atoms with Gasteiger partial charge in [0.2, 0.25) is 0 Å². The smallest absolute Gasteiger partial charge is 0.134 e. The third-order valence-electron chi connectivity index (χ3n) is 3.71. The van der Waals surface area contributed by atoms with E-state index in [1.54, 1.807) is 0 Å². The van der Waals surface area contributed by atoms with Crippen LogP contribution in [-0.4, -0.2) is 0 Å². The summed E-state index contributed by atoms with van der Waals surface area (Å²) in [5.41, 5.74) is 9.04. The Kier molecular flexibility index (Phi) is 3.26. The summed E-state index contributed by atoms with van der Waals surface area (Å²) >= 11 is 0. The van der Waals surface area contributed by atoms with Crippen LogP contribution >= 0.6 is 0 Å². The second kappa shape index (κ2) is 4.97. The summed E-state index contributed by atoms with van der Waals surface area (Å²) in [4.78, 5) is 0. The van der Waals surface area contributed by atoms with E-state index in [1.807, 2.05) is 32.0 Å². The Morgan fingerprint density at radius 1 is 1.05 bits per heavy atom. The maximum absolute atomic E-state index is 13.9. The Hall–Kier alpha value is -2.20. The monoisotopic (exact) mass is 287 g/mol. The molecule has 2 N–H and O–H groups in total. The molecule has 0 fully saturated rings. The number of hydrogen-bond donors (Lipinski definition) is 1. The molecule has 0 aliphatic carbocycles. The Morgan fingerprint density at radius 2 is 1.81 bits per heavy atom. The van der Waals surface area contributed by atoms with Gasteiger partial charge in [0, 0.05) is 22.6 Å². The highest BCUT2D eigenvalue weighted by molar-refractivity contribution is 5.83. The zero-order valence-electron chi connectivity index (χ0n) is 11.8. The van der Waals surface area contributed by atoms with Gasteiger partial charge in [0.05, 0.1) is 6.04 Å². The molecule has 0 spiro atoms. The number of aryl methyl sites for hydroxylation is 2. The molecule has 0 bridgehead atoms. The molecule has 1 atom stereocenters. The number of benzene rings is 2. The van der Waals surface area contributed by atoms with Crippen molar-refractivity contribution in [2.24, 2.45) is 5.73 Å². The van der Waals surface area contributed by atoms with Gasteiger partial charge in [-0.15, -0.1) is 0 Å². The molecule has 4 heteroatoms. The third-order valence-corrected chi connectivity index (χ3v) is 3.71. The topological polar surface area (TPSA) is 39.2 Å². The van der Waals surface area contributed by atoms with Crippen molar-refractivity contribution in [3.63, 3.8) is 0 Å². The second-order valence-electron chi connectivity index (χ2n) is 5.23. The van der Waals surface area contributed by atoms with Crippen LogP contribution in [-0.2, 0) is 0 Å². The van der Waals surface area contributed by atoms with E-state index in [9.17, 15) is 8.78 Å². The molecule has 2 aromatic carbocycles. The molecule has 0 saturated carbocycles. The van der Waals surface area contributed by atoms with Crippen LogP contribution in [0.2, 0.25) is 0 Å². The number of fused-ring (bicyclic) bond motifs is 1. The van der Waals surface area contributed by atoms with Crippen LogP contribution in [0.3, 0.4) is 0 Å². The van der Waals surface area contributed by atoms with Gasteiger partial charge in [-0.2, -0.15) is 0 Å². The Bertz CT molecular complexity index is 823. The quantitative estimate of drug-likeness (QED) is 0.760. The van der Waals surface area contributed by atoms with E-state index < -0.39 is 17.7 Å². The molecule has 0 amide bonds. The predicted molar refractivity (Wildman–Crippen MR) is 78.1 cm³/mol. The molecule has 3 rings (SSSR count). The molecule has 0 radical (unpaired) electrons. The Labute approximate surface area is 121 Å². The van der Waals surface area contributed by atoms with Crippen molar-refractivity contribution in [2.75, 3.05) is 0 Å². The van der Waals surface area contributed by atoms with Gasteiger partial charge in [0.25, 0.3) is 0 Å². The van der Waals surface area contributed by atoms with Gasteiger partial charge in [-0.3, -0.25) is 0 Å². The fourth-order valence-corrected chi connectivity index (χ4v) is 2.55. The fourth-order valence-electron chi connectivity index (χ4n) is 2.55. The van der Waals surface area contributed by atoms with E-state index in [0.717, 1.165) is 22.6 Å². The lowest BCUT2D eigenvalue weighted by Gasteiger charge is -2.11. The van der Waals surface area contributed by atoms with Crippen molar-refractivity contribution in [3.8, 4) is 0 Å². The van der Waals surface area contributed by atoms with Crippen LogP contribution in [0.1, 0.15) is 28.5 Å². The third kappa shape index (κ3) is 2.32. The van der Waals surface area contributed by atoms with E-state index in [0.29, 0.717) is 11.3 Å².